The summed E-state index contributed by atoms with van der Waals surface area (Å²) < 4.78 is 5.67. The zero-order valence-corrected chi connectivity index (χ0v) is 12.2. The second-order valence-corrected chi connectivity index (χ2v) is 5.82. The van der Waals surface area contributed by atoms with Crippen LogP contribution in [0, 0.1) is 11.8 Å². The Morgan fingerprint density at radius 2 is 1.80 bits per heavy atom. The van der Waals surface area contributed by atoms with Crippen molar-refractivity contribution in [1.82, 2.24) is 0 Å². The minimum Gasteiger partial charge on any atom is -0.487 e. The van der Waals surface area contributed by atoms with E-state index in [9.17, 15) is 9.90 Å². The molecule has 2 rings (SSSR count). The molecule has 104 valence electrons. The van der Waals surface area contributed by atoms with Crippen LogP contribution in [0.15, 0.2) is 41.7 Å². The van der Waals surface area contributed by atoms with Gasteiger partial charge in [-0.1, -0.05) is 24.1 Å². The van der Waals surface area contributed by atoms with Gasteiger partial charge in [-0.3, -0.25) is 4.79 Å². The predicted octanol–water partition coefficient (Wildman–Crippen LogP) is 2.44. The highest BCUT2D eigenvalue weighted by atomic mass is 16.5. The Balaban J connectivity index is 2.32. The first-order chi connectivity index (χ1) is 9.24. The van der Waals surface area contributed by atoms with Crippen LogP contribution in [0.2, 0.25) is 0 Å². The van der Waals surface area contributed by atoms with E-state index >= 15 is 0 Å². The van der Waals surface area contributed by atoms with Crippen molar-refractivity contribution in [2.24, 2.45) is 0 Å². The highest BCUT2D eigenvalue weighted by Crippen LogP contribution is 2.38. The number of ether oxygens (including phenoxy) is 1. The van der Waals surface area contributed by atoms with Crippen molar-refractivity contribution in [1.29, 1.82) is 0 Å². The number of hydrogen-bond donors (Lipinski definition) is 1. The number of hydrogen-bond acceptors (Lipinski definition) is 3. The van der Waals surface area contributed by atoms with Crippen LogP contribution in [0.5, 0.6) is 0 Å². The Morgan fingerprint density at radius 1 is 1.20 bits per heavy atom. The number of rotatable bonds is 1. The molecule has 0 aromatic heterocycles. The summed E-state index contributed by atoms with van der Waals surface area (Å²) in [6, 6.07) is 9.22. The number of carbonyl (C=O) groups excluding carboxylic acids is 1. The van der Waals surface area contributed by atoms with Crippen LogP contribution in [0.1, 0.15) is 33.3 Å². The Morgan fingerprint density at radius 3 is 2.35 bits per heavy atom. The van der Waals surface area contributed by atoms with Gasteiger partial charge in [-0.2, -0.15) is 0 Å². The van der Waals surface area contributed by atoms with Crippen molar-refractivity contribution < 1.29 is 14.6 Å². The fourth-order valence-corrected chi connectivity index (χ4v) is 1.94. The minimum atomic E-state index is -1.81. The average Bonchev–Trinajstić information content (AvgIpc) is 2.41. The average molecular weight is 270 g/mol. The van der Waals surface area contributed by atoms with E-state index in [1.807, 2.05) is 51.1 Å². The van der Waals surface area contributed by atoms with Gasteiger partial charge in [0.15, 0.2) is 5.76 Å². The Kier molecular flexibility index (Phi) is 3.45. The van der Waals surface area contributed by atoms with E-state index in [0.29, 0.717) is 5.57 Å². The van der Waals surface area contributed by atoms with Gasteiger partial charge in [0.1, 0.15) is 5.60 Å². The zero-order valence-electron chi connectivity index (χ0n) is 12.2. The summed E-state index contributed by atoms with van der Waals surface area (Å²) >= 11 is 0. The monoisotopic (exact) mass is 270 g/mol. The molecule has 1 unspecified atom stereocenters. The molecule has 20 heavy (non-hydrogen) atoms. The van der Waals surface area contributed by atoms with E-state index in [0.717, 1.165) is 5.56 Å². The summed E-state index contributed by atoms with van der Waals surface area (Å²) in [5.74, 6) is 5.33. The molecule has 0 aliphatic heterocycles. The van der Waals surface area contributed by atoms with Crippen molar-refractivity contribution in [2.75, 3.05) is 0 Å². The van der Waals surface area contributed by atoms with E-state index in [1.54, 1.807) is 6.92 Å². The highest BCUT2D eigenvalue weighted by Gasteiger charge is 2.53. The molecule has 1 aromatic carbocycles. The van der Waals surface area contributed by atoms with Crippen LogP contribution in [-0.4, -0.2) is 22.1 Å². The summed E-state index contributed by atoms with van der Waals surface area (Å²) in [6.45, 7) is 7.23. The lowest BCUT2D eigenvalue weighted by Crippen LogP contribution is -2.51. The van der Waals surface area contributed by atoms with Crippen molar-refractivity contribution in [2.45, 2.75) is 38.9 Å². The number of Topliss-reactive ketones (excluding diaryl/α,β-unsaturated/α-hetero) is 1. The number of benzene rings is 1. The van der Waals surface area contributed by atoms with Crippen molar-refractivity contribution in [3.05, 3.63) is 47.2 Å². The second-order valence-electron chi connectivity index (χ2n) is 5.82. The molecular formula is C17H18O3. The predicted molar refractivity (Wildman–Crippen MR) is 76.8 cm³/mol. The number of ketones is 1. The van der Waals surface area contributed by atoms with Crippen molar-refractivity contribution in [3.8, 4) is 11.8 Å². The van der Waals surface area contributed by atoms with Gasteiger partial charge in [-0.15, -0.1) is 0 Å². The smallest absolute Gasteiger partial charge is 0.247 e. The van der Waals surface area contributed by atoms with Gasteiger partial charge >= 0.3 is 0 Å². The zero-order chi connectivity index (χ0) is 15.0. The Bertz CT molecular complexity index is 624. The Labute approximate surface area is 119 Å². The SMILES string of the molecule is CC1=C(OC(C)(C)C)C(O)(C#Cc2ccccc2)C1=O. The van der Waals surface area contributed by atoms with Gasteiger partial charge in [-0.25, -0.2) is 0 Å². The van der Waals surface area contributed by atoms with Crippen LogP contribution in [-0.2, 0) is 9.53 Å². The van der Waals surface area contributed by atoms with Gasteiger partial charge < -0.3 is 9.84 Å². The molecule has 3 heteroatoms. The van der Waals surface area contributed by atoms with Crippen LogP contribution in [0.4, 0.5) is 0 Å². The minimum absolute atomic E-state index is 0.262. The third-order valence-electron chi connectivity index (χ3n) is 2.91. The summed E-state index contributed by atoms with van der Waals surface area (Å²) in [5, 5.41) is 10.4. The maximum Gasteiger partial charge on any atom is 0.247 e. The molecule has 0 spiro atoms. The van der Waals surface area contributed by atoms with Crippen LogP contribution < -0.4 is 0 Å². The summed E-state index contributed by atoms with van der Waals surface area (Å²) in [7, 11) is 0. The summed E-state index contributed by atoms with van der Waals surface area (Å²) in [5.41, 5.74) is -1.12. The molecule has 0 bridgehead atoms. The molecule has 3 nitrogen and oxygen atoms in total. The van der Waals surface area contributed by atoms with Crippen molar-refractivity contribution in [3.63, 3.8) is 0 Å². The number of aliphatic hydroxyl groups is 1. The van der Waals surface area contributed by atoms with Gasteiger partial charge in [0.25, 0.3) is 0 Å². The third-order valence-corrected chi connectivity index (χ3v) is 2.91. The quantitative estimate of drug-likeness (QED) is 0.797. The maximum atomic E-state index is 11.9. The molecule has 0 saturated carbocycles. The molecule has 1 aromatic rings. The molecule has 1 atom stereocenters. The molecule has 1 N–H and O–H groups in total. The maximum absolute atomic E-state index is 11.9. The standard InChI is InChI=1S/C17H18O3/c1-12-14(18)17(19,15(12)20-16(2,3)4)11-10-13-8-6-5-7-9-13/h5-9,19H,1-4H3. The topological polar surface area (TPSA) is 46.5 Å². The molecule has 0 fully saturated rings. The van der Waals surface area contributed by atoms with Crippen LogP contribution >= 0.6 is 0 Å². The van der Waals surface area contributed by atoms with E-state index < -0.39 is 11.2 Å². The fourth-order valence-electron chi connectivity index (χ4n) is 1.94. The number of carbonyl (C=O) groups is 1. The molecule has 0 saturated heterocycles. The van der Waals surface area contributed by atoms with Crippen LogP contribution in [0.25, 0.3) is 0 Å². The molecule has 0 amide bonds. The lowest BCUT2D eigenvalue weighted by atomic mass is 9.78. The van der Waals surface area contributed by atoms with E-state index in [2.05, 4.69) is 11.8 Å². The highest BCUT2D eigenvalue weighted by molar-refractivity contribution is 6.13. The molecule has 1 aliphatic rings. The normalized spacial score (nSPS) is 21.9. The lowest BCUT2D eigenvalue weighted by Gasteiger charge is -2.38. The largest absolute Gasteiger partial charge is 0.487 e. The lowest BCUT2D eigenvalue weighted by molar-refractivity contribution is -0.137. The fraction of sp³-hybridized carbons (Fsp3) is 0.353. The van der Waals surface area contributed by atoms with Crippen LogP contribution in [0.3, 0.4) is 0 Å². The van der Waals surface area contributed by atoms with Gasteiger partial charge in [0, 0.05) is 11.1 Å². The molecule has 0 heterocycles. The first kappa shape index (κ1) is 14.4. The second kappa shape index (κ2) is 4.81. The Hall–Kier alpha value is -2.05. The molecule has 0 radical (unpaired) electrons. The van der Waals surface area contributed by atoms with E-state index in [1.165, 1.54) is 0 Å². The summed E-state index contributed by atoms with van der Waals surface area (Å²) in [6.07, 6.45) is 0. The first-order valence-electron chi connectivity index (χ1n) is 6.50. The van der Waals surface area contributed by atoms with Gasteiger partial charge in [0.2, 0.25) is 11.4 Å². The third kappa shape index (κ3) is 2.61. The van der Waals surface area contributed by atoms with Gasteiger partial charge in [0.05, 0.1) is 0 Å². The molecule has 1 aliphatic carbocycles. The molecular weight excluding hydrogens is 252 g/mol. The van der Waals surface area contributed by atoms with E-state index in [4.69, 9.17) is 4.74 Å². The summed E-state index contributed by atoms with van der Waals surface area (Å²) in [4.78, 5) is 11.9. The first-order valence-corrected chi connectivity index (χ1v) is 6.50. The van der Waals surface area contributed by atoms with Crippen molar-refractivity contribution >= 4 is 5.78 Å². The van der Waals surface area contributed by atoms with Gasteiger partial charge in [-0.05, 0) is 45.7 Å². The van der Waals surface area contributed by atoms with E-state index in [-0.39, 0.29) is 11.5 Å².